The fraction of sp³-hybridized carbons (Fsp3) is 0.688. The van der Waals surface area contributed by atoms with Crippen LogP contribution in [0.3, 0.4) is 0 Å². The number of rotatable bonds is 6. The molecule has 3 N–H and O–H groups in total. The van der Waals surface area contributed by atoms with Crippen molar-refractivity contribution in [2.24, 2.45) is 5.92 Å². The molecule has 1 saturated carbocycles. The molecule has 2 rings (SSSR count). The van der Waals surface area contributed by atoms with Crippen LogP contribution >= 0.6 is 0 Å². The molecule has 4 heteroatoms. The predicted molar refractivity (Wildman–Crippen MR) is 84.1 cm³/mol. The Balaban J connectivity index is 2.03. The normalized spacial score (nSPS) is 26.2. The smallest absolute Gasteiger partial charge is 0.128 e. The SMILES string of the molecule is CCCNc1cccc(NC2(CO)CCC(C)CC2)n1. The van der Waals surface area contributed by atoms with E-state index in [1.54, 1.807) is 0 Å². The molecule has 0 atom stereocenters. The Hall–Kier alpha value is -1.29. The highest BCUT2D eigenvalue weighted by Gasteiger charge is 2.33. The van der Waals surface area contributed by atoms with E-state index in [2.05, 4.69) is 29.5 Å². The number of nitrogens with zero attached hydrogens (tertiary/aromatic N) is 1. The zero-order valence-corrected chi connectivity index (χ0v) is 12.7. The van der Waals surface area contributed by atoms with E-state index in [-0.39, 0.29) is 12.1 Å². The Kier molecular flexibility index (Phi) is 5.24. The van der Waals surface area contributed by atoms with Crippen molar-refractivity contribution in [3.8, 4) is 0 Å². The van der Waals surface area contributed by atoms with Crippen LogP contribution in [-0.4, -0.2) is 28.8 Å². The summed E-state index contributed by atoms with van der Waals surface area (Å²) in [5.74, 6) is 2.52. The minimum absolute atomic E-state index is 0.175. The number of hydrogen-bond acceptors (Lipinski definition) is 4. The van der Waals surface area contributed by atoms with Gasteiger partial charge in [0.15, 0.2) is 0 Å². The summed E-state index contributed by atoms with van der Waals surface area (Å²) in [6.45, 7) is 5.53. The topological polar surface area (TPSA) is 57.2 Å². The maximum atomic E-state index is 9.79. The van der Waals surface area contributed by atoms with Crippen LogP contribution in [0.2, 0.25) is 0 Å². The first-order valence-electron chi connectivity index (χ1n) is 7.77. The molecule has 0 bridgehead atoms. The van der Waals surface area contributed by atoms with Gasteiger partial charge >= 0.3 is 0 Å². The first-order chi connectivity index (χ1) is 9.67. The zero-order chi connectivity index (χ0) is 14.4. The number of aliphatic hydroxyl groups excluding tert-OH is 1. The van der Waals surface area contributed by atoms with Gasteiger partial charge in [0.25, 0.3) is 0 Å². The van der Waals surface area contributed by atoms with Gasteiger partial charge in [-0.15, -0.1) is 0 Å². The van der Waals surface area contributed by atoms with Crippen LogP contribution in [0.5, 0.6) is 0 Å². The monoisotopic (exact) mass is 277 g/mol. The van der Waals surface area contributed by atoms with E-state index in [1.807, 2.05) is 18.2 Å². The molecule has 0 amide bonds. The van der Waals surface area contributed by atoms with E-state index in [0.29, 0.717) is 0 Å². The lowest BCUT2D eigenvalue weighted by Gasteiger charge is -2.39. The van der Waals surface area contributed by atoms with Gasteiger partial charge in [-0.2, -0.15) is 0 Å². The van der Waals surface area contributed by atoms with E-state index in [0.717, 1.165) is 43.4 Å². The molecule has 1 fully saturated rings. The first-order valence-corrected chi connectivity index (χ1v) is 7.77. The summed E-state index contributed by atoms with van der Waals surface area (Å²) in [5, 5.41) is 16.6. The van der Waals surface area contributed by atoms with Crippen molar-refractivity contribution in [1.82, 2.24) is 4.98 Å². The highest BCUT2D eigenvalue weighted by molar-refractivity contribution is 5.46. The van der Waals surface area contributed by atoms with Crippen molar-refractivity contribution >= 4 is 11.6 Å². The molecule has 1 aliphatic carbocycles. The standard InChI is InChI=1S/C16H27N3O/c1-3-11-17-14-5-4-6-15(18-14)19-16(12-20)9-7-13(2)8-10-16/h4-6,13,20H,3,7-12H2,1-2H3,(H2,17,18,19). The fourth-order valence-corrected chi connectivity index (χ4v) is 2.76. The van der Waals surface area contributed by atoms with Gasteiger partial charge in [0.2, 0.25) is 0 Å². The molecular weight excluding hydrogens is 250 g/mol. The van der Waals surface area contributed by atoms with Gasteiger partial charge in [-0.3, -0.25) is 0 Å². The Bertz CT molecular complexity index is 414. The maximum Gasteiger partial charge on any atom is 0.128 e. The van der Waals surface area contributed by atoms with E-state index in [4.69, 9.17) is 0 Å². The average molecular weight is 277 g/mol. The molecular formula is C16H27N3O. The van der Waals surface area contributed by atoms with E-state index < -0.39 is 0 Å². The number of anilines is 2. The van der Waals surface area contributed by atoms with Crippen LogP contribution in [-0.2, 0) is 0 Å². The quantitative estimate of drug-likeness (QED) is 0.747. The summed E-state index contributed by atoms with van der Waals surface area (Å²) in [5.41, 5.74) is -0.192. The van der Waals surface area contributed by atoms with Gasteiger partial charge in [-0.1, -0.05) is 19.9 Å². The third-order valence-electron chi connectivity index (χ3n) is 4.23. The lowest BCUT2D eigenvalue weighted by atomic mass is 9.77. The fourth-order valence-electron chi connectivity index (χ4n) is 2.76. The zero-order valence-electron chi connectivity index (χ0n) is 12.7. The van der Waals surface area contributed by atoms with Crippen molar-refractivity contribution in [1.29, 1.82) is 0 Å². The molecule has 0 radical (unpaired) electrons. The first kappa shape index (κ1) is 15.1. The average Bonchev–Trinajstić information content (AvgIpc) is 2.48. The second-order valence-corrected chi connectivity index (χ2v) is 6.08. The molecule has 0 aromatic carbocycles. The lowest BCUT2D eigenvalue weighted by Crippen LogP contribution is -2.45. The van der Waals surface area contributed by atoms with Gasteiger partial charge in [-0.05, 0) is 50.2 Å². The van der Waals surface area contributed by atoms with Crippen LogP contribution in [0, 0.1) is 5.92 Å². The molecule has 0 spiro atoms. The Labute approximate surface area is 122 Å². The summed E-state index contributed by atoms with van der Waals surface area (Å²) in [7, 11) is 0. The van der Waals surface area contributed by atoms with Crippen LogP contribution in [0.25, 0.3) is 0 Å². The molecule has 1 aromatic rings. The third-order valence-corrected chi connectivity index (χ3v) is 4.23. The number of nitrogens with one attached hydrogen (secondary N) is 2. The van der Waals surface area contributed by atoms with Gasteiger partial charge < -0.3 is 15.7 Å². The van der Waals surface area contributed by atoms with Gasteiger partial charge in [0, 0.05) is 6.54 Å². The molecule has 112 valence electrons. The van der Waals surface area contributed by atoms with Crippen molar-refractivity contribution in [3.05, 3.63) is 18.2 Å². The molecule has 1 heterocycles. The van der Waals surface area contributed by atoms with Crippen LogP contribution in [0.4, 0.5) is 11.6 Å². The van der Waals surface area contributed by atoms with Gasteiger partial charge in [0.1, 0.15) is 11.6 Å². The van der Waals surface area contributed by atoms with E-state index in [1.165, 1.54) is 12.8 Å². The third kappa shape index (κ3) is 3.85. The maximum absolute atomic E-state index is 9.79. The van der Waals surface area contributed by atoms with Gasteiger partial charge in [0.05, 0.1) is 12.1 Å². The molecule has 1 aromatic heterocycles. The Morgan fingerprint density at radius 2 is 2.00 bits per heavy atom. The Morgan fingerprint density at radius 1 is 1.30 bits per heavy atom. The van der Waals surface area contributed by atoms with Crippen LogP contribution in [0.15, 0.2) is 18.2 Å². The minimum Gasteiger partial charge on any atom is -0.394 e. The molecule has 0 unspecified atom stereocenters. The van der Waals surface area contributed by atoms with Crippen molar-refractivity contribution < 1.29 is 5.11 Å². The Morgan fingerprint density at radius 3 is 2.65 bits per heavy atom. The molecule has 0 saturated heterocycles. The van der Waals surface area contributed by atoms with Crippen molar-refractivity contribution in [3.63, 3.8) is 0 Å². The number of hydrogen-bond donors (Lipinski definition) is 3. The molecule has 0 aliphatic heterocycles. The summed E-state index contributed by atoms with van der Waals surface area (Å²) in [6.07, 6.45) is 5.44. The molecule has 4 nitrogen and oxygen atoms in total. The largest absolute Gasteiger partial charge is 0.394 e. The second kappa shape index (κ2) is 6.93. The summed E-state index contributed by atoms with van der Waals surface area (Å²) in [4.78, 5) is 4.58. The minimum atomic E-state index is -0.192. The van der Waals surface area contributed by atoms with E-state index in [9.17, 15) is 5.11 Å². The summed E-state index contributed by atoms with van der Waals surface area (Å²) < 4.78 is 0. The van der Waals surface area contributed by atoms with Crippen LogP contribution in [0.1, 0.15) is 46.0 Å². The lowest BCUT2D eigenvalue weighted by molar-refractivity contribution is 0.155. The number of pyridine rings is 1. The highest BCUT2D eigenvalue weighted by atomic mass is 16.3. The summed E-state index contributed by atoms with van der Waals surface area (Å²) >= 11 is 0. The van der Waals surface area contributed by atoms with Crippen molar-refractivity contribution in [2.45, 2.75) is 51.5 Å². The number of aliphatic hydroxyl groups is 1. The number of aromatic nitrogens is 1. The highest BCUT2D eigenvalue weighted by Crippen LogP contribution is 2.34. The van der Waals surface area contributed by atoms with E-state index >= 15 is 0 Å². The predicted octanol–water partition coefficient (Wildman–Crippen LogP) is 3.26. The van der Waals surface area contributed by atoms with Gasteiger partial charge in [-0.25, -0.2) is 4.98 Å². The molecule has 20 heavy (non-hydrogen) atoms. The molecule has 1 aliphatic rings. The second-order valence-electron chi connectivity index (χ2n) is 6.08. The van der Waals surface area contributed by atoms with Crippen molar-refractivity contribution in [2.75, 3.05) is 23.8 Å². The summed E-state index contributed by atoms with van der Waals surface area (Å²) in [6, 6.07) is 5.96. The van der Waals surface area contributed by atoms with Crippen LogP contribution < -0.4 is 10.6 Å².